The van der Waals surface area contributed by atoms with Crippen LogP contribution in [0.15, 0.2) is 42.5 Å². The number of unbranched alkanes of at least 4 members (excludes halogenated alkanes) is 1. The topological polar surface area (TPSA) is 82.1 Å². The molecule has 0 aromatic heterocycles. The van der Waals surface area contributed by atoms with E-state index in [1.807, 2.05) is 0 Å². The summed E-state index contributed by atoms with van der Waals surface area (Å²) in [5.41, 5.74) is 0.901. The Bertz CT molecular complexity index is 927. The lowest BCUT2D eigenvalue weighted by atomic mass is 10.1. The third-order valence-electron chi connectivity index (χ3n) is 4.50. The van der Waals surface area contributed by atoms with Crippen molar-refractivity contribution in [1.29, 1.82) is 0 Å². The van der Waals surface area contributed by atoms with E-state index in [1.165, 1.54) is 30.2 Å². The highest BCUT2D eigenvalue weighted by atomic mass is 19.3. The number of halogens is 2. The summed E-state index contributed by atoms with van der Waals surface area (Å²) in [5, 5.41) is 0. The number of hydrogen-bond donors (Lipinski definition) is 0. The zero-order valence-electron chi connectivity index (χ0n) is 16.1. The fourth-order valence-electron chi connectivity index (χ4n) is 3.05. The van der Waals surface area contributed by atoms with Gasteiger partial charge in [-0.1, -0.05) is 12.1 Å². The predicted molar refractivity (Wildman–Crippen MR) is 101 cm³/mol. The van der Waals surface area contributed by atoms with Crippen molar-refractivity contribution in [3.8, 4) is 11.5 Å². The molecule has 2 aromatic carbocycles. The number of alkyl halides is 2. The minimum Gasteiger partial charge on any atom is -0.493 e. The van der Waals surface area contributed by atoms with E-state index in [9.17, 15) is 23.2 Å². The number of hydrogen-bond acceptors (Lipinski definition) is 6. The Morgan fingerprint density at radius 1 is 1.00 bits per heavy atom. The smallest absolute Gasteiger partial charge is 0.387 e. The Morgan fingerprint density at radius 2 is 1.67 bits per heavy atom. The Morgan fingerprint density at radius 3 is 2.27 bits per heavy atom. The molecule has 1 heterocycles. The van der Waals surface area contributed by atoms with Gasteiger partial charge < -0.3 is 14.2 Å². The van der Waals surface area contributed by atoms with Crippen molar-refractivity contribution in [2.45, 2.75) is 19.5 Å². The number of amides is 2. The Balaban J connectivity index is 1.47. The van der Waals surface area contributed by atoms with Crippen molar-refractivity contribution in [3.63, 3.8) is 0 Å². The number of fused-ring (bicyclic) bond motifs is 1. The standard InChI is InChI=1S/C21H19F2NO6/c1-28-17-12-13(8-9-16(17)30-21(22)23)20(27)29-11-5-4-10-24-18(25)14-6-2-3-7-15(14)19(24)26/h2-3,6-9,12,21H,4-5,10-11H2,1H3. The van der Waals surface area contributed by atoms with Crippen molar-refractivity contribution >= 4 is 17.8 Å². The van der Waals surface area contributed by atoms with Gasteiger partial charge >= 0.3 is 12.6 Å². The average Bonchev–Trinajstić information content (AvgIpc) is 2.98. The molecule has 1 aliphatic heterocycles. The SMILES string of the molecule is COc1cc(C(=O)OCCCCN2C(=O)c3ccccc3C2=O)ccc1OC(F)F. The molecule has 2 amide bonds. The molecule has 0 bridgehead atoms. The first kappa shape index (κ1) is 21.2. The summed E-state index contributed by atoms with van der Waals surface area (Å²) in [6.45, 7) is -2.73. The van der Waals surface area contributed by atoms with Crippen LogP contribution in [0.2, 0.25) is 0 Å². The van der Waals surface area contributed by atoms with Crippen LogP contribution in [-0.4, -0.2) is 49.6 Å². The van der Waals surface area contributed by atoms with Gasteiger partial charge in [0.2, 0.25) is 0 Å². The fourth-order valence-corrected chi connectivity index (χ4v) is 3.05. The monoisotopic (exact) mass is 419 g/mol. The zero-order chi connectivity index (χ0) is 21.7. The van der Waals surface area contributed by atoms with Crippen LogP contribution in [0.4, 0.5) is 8.78 Å². The molecule has 158 valence electrons. The Hall–Kier alpha value is -3.49. The highest BCUT2D eigenvalue weighted by Crippen LogP contribution is 2.29. The van der Waals surface area contributed by atoms with E-state index in [0.29, 0.717) is 24.0 Å². The number of ether oxygens (including phenoxy) is 3. The van der Waals surface area contributed by atoms with Crippen molar-refractivity contribution in [2.75, 3.05) is 20.3 Å². The lowest BCUT2D eigenvalue weighted by Gasteiger charge is -2.14. The number of methoxy groups -OCH3 is 1. The quantitative estimate of drug-likeness (QED) is 0.351. The number of rotatable bonds is 9. The molecule has 2 aromatic rings. The van der Waals surface area contributed by atoms with Crippen LogP contribution >= 0.6 is 0 Å². The van der Waals surface area contributed by atoms with Gasteiger partial charge in [-0.15, -0.1) is 0 Å². The number of esters is 1. The van der Waals surface area contributed by atoms with Crippen LogP contribution in [0.1, 0.15) is 43.9 Å². The molecule has 0 unspecified atom stereocenters. The van der Waals surface area contributed by atoms with E-state index >= 15 is 0 Å². The number of imide groups is 1. The molecule has 7 nitrogen and oxygen atoms in total. The summed E-state index contributed by atoms with van der Waals surface area (Å²) in [5.74, 6) is -1.52. The van der Waals surface area contributed by atoms with Crippen LogP contribution in [-0.2, 0) is 4.74 Å². The minimum atomic E-state index is -3.01. The maximum Gasteiger partial charge on any atom is 0.387 e. The van der Waals surface area contributed by atoms with E-state index in [2.05, 4.69) is 4.74 Å². The molecule has 1 aliphatic rings. The summed E-state index contributed by atoms with van der Waals surface area (Å²) in [7, 11) is 1.27. The molecule has 0 saturated heterocycles. The van der Waals surface area contributed by atoms with Gasteiger partial charge in [0.25, 0.3) is 11.8 Å². The van der Waals surface area contributed by atoms with Crippen molar-refractivity contribution in [3.05, 3.63) is 59.2 Å². The third kappa shape index (κ3) is 4.56. The minimum absolute atomic E-state index is 0.0182. The maximum absolute atomic E-state index is 12.4. The second-order valence-corrected chi connectivity index (χ2v) is 6.39. The van der Waals surface area contributed by atoms with Gasteiger partial charge in [0, 0.05) is 6.54 Å². The molecule has 0 N–H and O–H groups in total. The van der Waals surface area contributed by atoms with Crippen molar-refractivity contribution < 1.29 is 37.4 Å². The van der Waals surface area contributed by atoms with Gasteiger partial charge in [-0.2, -0.15) is 8.78 Å². The first-order chi connectivity index (χ1) is 14.4. The fraction of sp³-hybridized carbons (Fsp3) is 0.286. The predicted octanol–water partition coefficient (Wildman–Crippen LogP) is 3.53. The Kier molecular flexibility index (Phi) is 6.61. The zero-order valence-corrected chi connectivity index (χ0v) is 16.1. The van der Waals surface area contributed by atoms with Crippen LogP contribution < -0.4 is 9.47 Å². The normalized spacial score (nSPS) is 12.9. The molecule has 9 heteroatoms. The summed E-state index contributed by atoms with van der Waals surface area (Å²) >= 11 is 0. The summed E-state index contributed by atoms with van der Waals surface area (Å²) in [6, 6.07) is 10.4. The van der Waals surface area contributed by atoms with Gasteiger partial charge in [0.05, 0.1) is 30.4 Å². The van der Waals surface area contributed by atoms with E-state index < -0.39 is 12.6 Å². The summed E-state index contributed by atoms with van der Waals surface area (Å²) < 4.78 is 39.1. The second kappa shape index (κ2) is 9.34. The number of carbonyl (C=O) groups excluding carboxylic acids is 3. The number of benzene rings is 2. The third-order valence-corrected chi connectivity index (χ3v) is 4.50. The van der Waals surface area contributed by atoms with Crippen LogP contribution in [0.5, 0.6) is 11.5 Å². The first-order valence-electron chi connectivity index (χ1n) is 9.17. The molecule has 0 aliphatic carbocycles. The maximum atomic E-state index is 12.4. The number of nitrogens with zero attached hydrogens (tertiary/aromatic N) is 1. The molecule has 30 heavy (non-hydrogen) atoms. The van der Waals surface area contributed by atoms with Crippen LogP contribution in [0.25, 0.3) is 0 Å². The molecule has 0 radical (unpaired) electrons. The average molecular weight is 419 g/mol. The van der Waals surface area contributed by atoms with Crippen molar-refractivity contribution in [1.82, 2.24) is 4.90 Å². The lowest BCUT2D eigenvalue weighted by Crippen LogP contribution is -2.30. The molecule has 0 saturated carbocycles. The summed E-state index contributed by atoms with van der Waals surface area (Å²) in [4.78, 5) is 37.9. The largest absolute Gasteiger partial charge is 0.493 e. The lowest BCUT2D eigenvalue weighted by molar-refractivity contribution is -0.0512. The molecular formula is C21H19F2NO6. The molecule has 0 atom stereocenters. The molecular weight excluding hydrogens is 400 g/mol. The molecule has 0 fully saturated rings. The van der Waals surface area contributed by atoms with Crippen molar-refractivity contribution in [2.24, 2.45) is 0 Å². The first-order valence-corrected chi connectivity index (χ1v) is 9.17. The Labute approximate surface area is 171 Å². The van der Waals surface area contributed by atoms with E-state index in [0.717, 1.165) is 0 Å². The highest BCUT2D eigenvalue weighted by Gasteiger charge is 2.34. The van der Waals surface area contributed by atoms with Crippen LogP contribution in [0, 0.1) is 0 Å². The number of carbonyl (C=O) groups is 3. The van der Waals surface area contributed by atoms with Gasteiger partial charge in [-0.05, 0) is 43.2 Å². The summed E-state index contributed by atoms with van der Waals surface area (Å²) in [6.07, 6.45) is 0.895. The van der Waals surface area contributed by atoms with Crippen LogP contribution in [0.3, 0.4) is 0 Å². The second-order valence-electron chi connectivity index (χ2n) is 6.39. The van der Waals surface area contributed by atoms with E-state index in [4.69, 9.17) is 9.47 Å². The highest BCUT2D eigenvalue weighted by molar-refractivity contribution is 6.21. The van der Waals surface area contributed by atoms with E-state index in [-0.39, 0.29) is 42.0 Å². The van der Waals surface area contributed by atoms with Gasteiger partial charge in [-0.3, -0.25) is 14.5 Å². The van der Waals surface area contributed by atoms with Gasteiger partial charge in [0.1, 0.15) is 0 Å². The molecule has 0 spiro atoms. The molecule has 3 rings (SSSR count). The van der Waals surface area contributed by atoms with Gasteiger partial charge in [0.15, 0.2) is 11.5 Å². The van der Waals surface area contributed by atoms with Gasteiger partial charge in [-0.25, -0.2) is 4.79 Å². The van der Waals surface area contributed by atoms with E-state index in [1.54, 1.807) is 24.3 Å².